The smallest absolute Gasteiger partial charge is 0.335 e. The Morgan fingerprint density at radius 1 is 1.08 bits per heavy atom. The van der Waals surface area contributed by atoms with Crippen LogP contribution in [0.15, 0.2) is 59.6 Å². The Balaban J connectivity index is 1.93. The maximum atomic E-state index is 11.0. The predicted molar refractivity (Wildman–Crippen MR) is 102 cm³/mol. The number of benzene rings is 2. The van der Waals surface area contributed by atoms with Gasteiger partial charge in [0.1, 0.15) is 5.75 Å². The fourth-order valence-corrected chi connectivity index (χ4v) is 2.81. The Kier molecular flexibility index (Phi) is 4.89. The van der Waals surface area contributed by atoms with Gasteiger partial charge in [-0.3, -0.25) is 4.99 Å². The molecular weight excluding hydrogens is 328 g/mol. The number of aryl methyl sites for hydroxylation is 2. The average molecular weight is 348 g/mol. The number of nitrogens with zero attached hydrogens (tertiary/aromatic N) is 2. The third kappa shape index (κ3) is 3.52. The molecule has 0 unspecified atom stereocenters. The molecule has 0 spiro atoms. The molecule has 132 valence electrons. The molecule has 1 aromatic heterocycles. The summed E-state index contributed by atoms with van der Waals surface area (Å²) < 4.78 is 7.32. The Labute approximate surface area is 152 Å². The van der Waals surface area contributed by atoms with Gasteiger partial charge in [-0.05, 0) is 74.0 Å². The summed E-state index contributed by atoms with van der Waals surface area (Å²) in [5.41, 5.74) is 4.88. The van der Waals surface area contributed by atoms with Gasteiger partial charge in [0, 0.05) is 11.4 Å². The Hall–Kier alpha value is -3.34. The first-order chi connectivity index (χ1) is 12.5. The molecule has 1 N–H and O–H groups in total. The van der Waals surface area contributed by atoms with E-state index in [4.69, 9.17) is 9.84 Å². The third-order valence-electron chi connectivity index (χ3n) is 4.22. The number of carboxylic acids is 1. The van der Waals surface area contributed by atoms with Crippen LogP contribution < -0.4 is 4.74 Å². The van der Waals surface area contributed by atoms with Crippen molar-refractivity contribution in [1.82, 2.24) is 4.57 Å². The van der Waals surface area contributed by atoms with Crippen LogP contribution in [-0.4, -0.2) is 29.0 Å². The summed E-state index contributed by atoms with van der Waals surface area (Å²) in [4.78, 5) is 15.6. The van der Waals surface area contributed by atoms with E-state index in [0.717, 1.165) is 34.1 Å². The van der Waals surface area contributed by atoms with Crippen molar-refractivity contribution in [3.8, 4) is 11.4 Å². The molecule has 0 bridgehead atoms. The molecule has 0 aliphatic carbocycles. The fourth-order valence-electron chi connectivity index (χ4n) is 2.81. The van der Waals surface area contributed by atoms with Crippen LogP contribution in [0.2, 0.25) is 0 Å². The molecule has 26 heavy (non-hydrogen) atoms. The highest BCUT2D eigenvalue weighted by molar-refractivity contribution is 5.89. The summed E-state index contributed by atoms with van der Waals surface area (Å²) in [6.45, 7) is 3.89. The fraction of sp³-hybridized carbons (Fsp3) is 0.143. The number of aliphatic imine (C=N–C) groups is 1. The van der Waals surface area contributed by atoms with E-state index in [0.29, 0.717) is 0 Å². The molecule has 0 saturated heterocycles. The number of carboxylic acid groups (broad SMARTS) is 1. The molecule has 0 radical (unpaired) electrons. The monoisotopic (exact) mass is 348 g/mol. The second-order valence-electron chi connectivity index (χ2n) is 6.00. The molecular formula is C21H20N2O3. The van der Waals surface area contributed by atoms with Gasteiger partial charge in [-0.25, -0.2) is 4.79 Å². The number of carbonyl (C=O) groups is 1. The van der Waals surface area contributed by atoms with Crippen LogP contribution in [0.1, 0.15) is 27.3 Å². The highest BCUT2D eigenvalue weighted by Gasteiger charge is 2.07. The molecule has 0 amide bonds. The van der Waals surface area contributed by atoms with Crippen molar-refractivity contribution >= 4 is 17.9 Å². The van der Waals surface area contributed by atoms with Crippen molar-refractivity contribution in [2.45, 2.75) is 13.8 Å². The summed E-state index contributed by atoms with van der Waals surface area (Å²) in [5, 5.41) is 9.06. The predicted octanol–water partition coefficient (Wildman–Crippen LogP) is 4.55. The minimum absolute atomic E-state index is 0.263. The number of methoxy groups -OCH3 is 1. The van der Waals surface area contributed by atoms with Gasteiger partial charge in [0.15, 0.2) is 0 Å². The summed E-state index contributed by atoms with van der Waals surface area (Å²) in [6.07, 6.45) is 1.79. The van der Waals surface area contributed by atoms with Gasteiger partial charge in [-0.2, -0.15) is 0 Å². The molecule has 0 fully saturated rings. The first-order valence-electron chi connectivity index (χ1n) is 8.20. The molecule has 5 nitrogen and oxygen atoms in total. The lowest BCUT2D eigenvalue weighted by atomic mass is 10.1. The van der Waals surface area contributed by atoms with E-state index in [1.54, 1.807) is 31.5 Å². The van der Waals surface area contributed by atoms with Gasteiger partial charge in [0.25, 0.3) is 0 Å². The number of rotatable bonds is 5. The Bertz CT molecular complexity index is 969. The molecule has 0 saturated carbocycles. The van der Waals surface area contributed by atoms with Crippen LogP contribution >= 0.6 is 0 Å². The first kappa shape index (κ1) is 17.5. The van der Waals surface area contributed by atoms with Crippen molar-refractivity contribution in [2.75, 3.05) is 7.11 Å². The zero-order valence-corrected chi connectivity index (χ0v) is 14.9. The summed E-state index contributed by atoms with van der Waals surface area (Å²) in [6, 6.07) is 16.8. The lowest BCUT2D eigenvalue weighted by Gasteiger charge is -2.10. The average Bonchev–Trinajstić information content (AvgIpc) is 3.01. The van der Waals surface area contributed by atoms with Crippen LogP contribution in [0.3, 0.4) is 0 Å². The van der Waals surface area contributed by atoms with Gasteiger partial charge in [-0.15, -0.1) is 0 Å². The Morgan fingerprint density at radius 3 is 2.42 bits per heavy atom. The highest BCUT2D eigenvalue weighted by Crippen LogP contribution is 2.22. The van der Waals surface area contributed by atoms with E-state index < -0.39 is 5.97 Å². The van der Waals surface area contributed by atoms with E-state index in [9.17, 15) is 4.79 Å². The second-order valence-corrected chi connectivity index (χ2v) is 6.00. The first-order valence-corrected chi connectivity index (χ1v) is 8.20. The maximum absolute atomic E-state index is 11.0. The second kappa shape index (κ2) is 7.27. The van der Waals surface area contributed by atoms with Crippen LogP contribution in [-0.2, 0) is 0 Å². The number of hydrogen-bond donors (Lipinski definition) is 1. The van der Waals surface area contributed by atoms with Crippen molar-refractivity contribution in [2.24, 2.45) is 4.99 Å². The highest BCUT2D eigenvalue weighted by atomic mass is 16.5. The number of aromatic carboxylic acids is 1. The minimum atomic E-state index is -0.937. The number of ether oxygens (including phenoxy) is 1. The third-order valence-corrected chi connectivity index (χ3v) is 4.22. The van der Waals surface area contributed by atoms with Crippen molar-refractivity contribution < 1.29 is 14.6 Å². The zero-order valence-electron chi connectivity index (χ0n) is 14.9. The van der Waals surface area contributed by atoms with Crippen molar-refractivity contribution in [3.63, 3.8) is 0 Å². The summed E-state index contributed by atoms with van der Waals surface area (Å²) in [5.74, 6) is -0.129. The van der Waals surface area contributed by atoms with E-state index in [1.165, 1.54) is 0 Å². The quantitative estimate of drug-likeness (QED) is 0.688. The topological polar surface area (TPSA) is 63.8 Å². The van der Waals surface area contributed by atoms with Crippen LogP contribution in [0.5, 0.6) is 5.75 Å². The van der Waals surface area contributed by atoms with Crippen LogP contribution in [0.25, 0.3) is 5.69 Å². The number of aromatic nitrogens is 1. The van der Waals surface area contributed by atoms with E-state index in [-0.39, 0.29) is 5.56 Å². The summed E-state index contributed by atoms with van der Waals surface area (Å²) in [7, 11) is 1.64. The van der Waals surface area contributed by atoms with Gasteiger partial charge < -0.3 is 14.4 Å². The van der Waals surface area contributed by atoms with Gasteiger partial charge in [0.2, 0.25) is 0 Å². The van der Waals surface area contributed by atoms with Crippen molar-refractivity contribution in [3.05, 3.63) is 77.1 Å². The zero-order chi connectivity index (χ0) is 18.7. The molecule has 0 atom stereocenters. The van der Waals surface area contributed by atoms with Crippen LogP contribution in [0.4, 0.5) is 5.69 Å². The maximum Gasteiger partial charge on any atom is 0.335 e. The Morgan fingerprint density at radius 2 is 1.81 bits per heavy atom. The van der Waals surface area contributed by atoms with Crippen molar-refractivity contribution in [1.29, 1.82) is 0 Å². The molecule has 0 aliphatic rings. The van der Waals surface area contributed by atoms with Gasteiger partial charge >= 0.3 is 5.97 Å². The summed E-state index contributed by atoms with van der Waals surface area (Å²) >= 11 is 0. The molecule has 3 rings (SSSR count). The normalized spacial score (nSPS) is 11.0. The molecule has 1 heterocycles. The van der Waals surface area contributed by atoms with E-state index in [2.05, 4.69) is 9.56 Å². The van der Waals surface area contributed by atoms with E-state index >= 15 is 0 Å². The largest absolute Gasteiger partial charge is 0.497 e. The lowest BCUT2D eigenvalue weighted by molar-refractivity contribution is 0.0697. The van der Waals surface area contributed by atoms with Gasteiger partial charge in [0.05, 0.1) is 30.3 Å². The van der Waals surface area contributed by atoms with Gasteiger partial charge in [-0.1, -0.05) is 0 Å². The SMILES string of the molecule is COc1ccc(-n2c(C)ccc2C=Nc2ccc(C(=O)O)cc2C)cc1. The van der Waals surface area contributed by atoms with E-state index in [1.807, 2.05) is 50.2 Å². The van der Waals surface area contributed by atoms with Crippen LogP contribution in [0, 0.1) is 13.8 Å². The molecule has 0 aliphatic heterocycles. The lowest BCUT2D eigenvalue weighted by Crippen LogP contribution is -2.01. The molecule has 2 aromatic carbocycles. The molecule has 3 aromatic rings. The minimum Gasteiger partial charge on any atom is -0.497 e. The molecule has 5 heteroatoms. The number of hydrogen-bond acceptors (Lipinski definition) is 3. The standard InChI is InChI=1S/C21H20N2O3/c1-14-12-16(21(24)25)5-11-20(14)22-13-18-6-4-15(2)23(18)17-7-9-19(26-3)10-8-17/h4-13H,1-3H3,(H,24,25).